The maximum absolute atomic E-state index is 10.6. The second kappa shape index (κ2) is 8.08. The van der Waals surface area contributed by atoms with Crippen LogP contribution in [0.3, 0.4) is 0 Å². The Labute approximate surface area is 106 Å². The minimum atomic E-state index is -5.08. The van der Waals surface area contributed by atoms with Crippen LogP contribution in [0, 0.1) is 0 Å². The highest BCUT2D eigenvalue weighted by atomic mass is 19.4. The fourth-order valence-electron chi connectivity index (χ4n) is 0.637. The van der Waals surface area contributed by atoms with Gasteiger partial charge in [0, 0.05) is 13.2 Å². The molecule has 1 heterocycles. The van der Waals surface area contributed by atoms with E-state index in [0.29, 0.717) is 24.9 Å². The highest BCUT2D eigenvalue weighted by molar-refractivity contribution is 5.73. The Balaban J connectivity index is 0.000000399. The number of aliphatic carboxylic acids is 1. The summed E-state index contributed by atoms with van der Waals surface area (Å²) in [6.07, 6.45) is -5.08. The Kier molecular flexibility index (Phi) is 7.19. The number of carboxylic acid groups (broad SMARTS) is 1. The molecule has 1 aromatic heterocycles. The Morgan fingerprint density at radius 3 is 2.32 bits per heavy atom. The van der Waals surface area contributed by atoms with E-state index in [1.54, 1.807) is 19.2 Å². The van der Waals surface area contributed by atoms with Crippen LogP contribution in [0.1, 0.15) is 0 Å². The van der Waals surface area contributed by atoms with E-state index in [1.165, 1.54) is 0 Å². The van der Waals surface area contributed by atoms with Crippen molar-refractivity contribution in [1.82, 2.24) is 10.2 Å². The van der Waals surface area contributed by atoms with Gasteiger partial charge in [0.15, 0.2) is 0 Å². The van der Waals surface area contributed by atoms with E-state index in [0.717, 1.165) is 0 Å². The average Bonchev–Trinajstić information content (AvgIpc) is 2.31. The van der Waals surface area contributed by atoms with Crippen molar-refractivity contribution in [2.45, 2.75) is 6.18 Å². The van der Waals surface area contributed by atoms with Crippen molar-refractivity contribution in [3.05, 3.63) is 12.1 Å². The highest BCUT2D eigenvalue weighted by Gasteiger charge is 2.38. The topological polar surface area (TPSA) is 108 Å². The average molecular weight is 283 g/mol. The molecule has 0 atom stereocenters. The second-order valence-electron chi connectivity index (χ2n) is 2.94. The van der Waals surface area contributed by atoms with Crippen molar-refractivity contribution < 1.29 is 32.5 Å². The van der Waals surface area contributed by atoms with Gasteiger partial charge in [-0.15, -0.1) is 10.2 Å². The molecular formula is C9H12F3N3O4. The number of nitrogens with zero attached hydrogens (tertiary/aromatic N) is 2. The zero-order chi connectivity index (χ0) is 14.9. The molecule has 0 unspecified atom stereocenters. The van der Waals surface area contributed by atoms with Crippen LogP contribution in [0.15, 0.2) is 12.1 Å². The molecule has 0 aliphatic carbocycles. The summed E-state index contributed by atoms with van der Waals surface area (Å²) >= 11 is 0. The lowest BCUT2D eigenvalue weighted by Crippen LogP contribution is -2.21. The lowest BCUT2D eigenvalue weighted by molar-refractivity contribution is -0.192. The maximum Gasteiger partial charge on any atom is 0.490 e. The van der Waals surface area contributed by atoms with Crippen LogP contribution < -0.4 is 10.5 Å². The van der Waals surface area contributed by atoms with Gasteiger partial charge in [-0.2, -0.15) is 13.2 Å². The van der Waals surface area contributed by atoms with Crippen LogP contribution in [0.4, 0.5) is 19.0 Å². The summed E-state index contributed by atoms with van der Waals surface area (Å²) in [5.74, 6) is -1.91. The van der Waals surface area contributed by atoms with Crippen molar-refractivity contribution in [2.75, 3.05) is 26.1 Å². The molecule has 0 saturated carbocycles. The number of hydrogen-bond donors (Lipinski definition) is 2. The van der Waals surface area contributed by atoms with Crippen LogP contribution in [0.5, 0.6) is 5.88 Å². The molecule has 10 heteroatoms. The molecule has 0 saturated heterocycles. The zero-order valence-corrected chi connectivity index (χ0v) is 9.85. The molecule has 0 bridgehead atoms. The van der Waals surface area contributed by atoms with Crippen molar-refractivity contribution in [1.29, 1.82) is 0 Å². The van der Waals surface area contributed by atoms with Gasteiger partial charge < -0.3 is 20.3 Å². The minimum Gasteiger partial charge on any atom is -0.475 e. The quantitative estimate of drug-likeness (QED) is 0.784. The van der Waals surface area contributed by atoms with E-state index in [2.05, 4.69) is 10.2 Å². The lowest BCUT2D eigenvalue weighted by atomic mass is 10.5. The maximum atomic E-state index is 10.6. The van der Waals surface area contributed by atoms with Crippen LogP contribution in [-0.4, -0.2) is 47.8 Å². The van der Waals surface area contributed by atoms with Gasteiger partial charge >= 0.3 is 12.1 Å². The zero-order valence-electron chi connectivity index (χ0n) is 9.85. The van der Waals surface area contributed by atoms with Crippen LogP contribution >= 0.6 is 0 Å². The summed E-state index contributed by atoms with van der Waals surface area (Å²) < 4.78 is 41.7. The van der Waals surface area contributed by atoms with Gasteiger partial charge in [-0.3, -0.25) is 0 Å². The summed E-state index contributed by atoms with van der Waals surface area (Å²) in [5.41, 5.74) is 5.33. The Morgan fingerprint density at radius 2 is 1.95 bits per heavy atom. The third-order valence-corrected chi connectivity index (χ3v) is 1.44. The number of halogens is 3. The number of alkyl halides is 3. The molecular weight excluding hydrogens is 271 g/mol. The fourth-order valence-corrected chi connectivity index (χ4v) is 0.637. The van der Waals surface area contributed by atoms with Gasteiger partial charge in [-0.05, 0) is 6.07 Å². The van der Waals surface area contributed by atoms with Gasteiger partial charge in [0.05, 0.1) is 6.61 Å². The number of nitrogen functional groups attached to an aromatic ring is 1. The molecule has 0 radical (unpaired) electrons. The molecule has 0 amide bonds. The molecule has 0 fully saturated rings. The number of methoxy groups -OCH3 is 1. The van der Waals surface area contributed by atoms with Crippen LogP contribution in [0.25, 0.3) is 0 Å². The normalized spacial score (nSPS) is 10.3. The molecule has 108 valence electrons. The molecule has 19 heavy (non-hydrogen) atoms. The van der Waals surface area contributed by atoms with E-state index in [-0.39, 0.29) is 0 Å². The standard InChI is InChI=1S/C7H11N3O2.C2HF3O2/c1-11-4-5-12-7-3-2-6(8)9-10-7;3-2(4,5)1(6)7/h2-3H,4-5H2,1H3,(H2,8,9);(H,6,7). The van der Waals surface area contributed by atoms with Gasteiger partial charge in [-0.25, -0.2) is 4.79 Å². The number of rotatable bonds is 4. The van der Waals surface area contributed by atoms with E-state index in [1.807, 2.05) is 0 Å². The predicted molar refractivity (Wildman–Crippen MR) is 57.5 cm³/mol. The van der Waals surface area contributed by atoms with Crippen molar-refractivity contribution in [3.63, 3.8) is 0 Å². The largest absolute Gasteiger partial charge is 0.490 e. The number of aromatic nitrogens is 2. The highest BCUT2D eigenvalue weighted by Crippen LogP contribution is 2.13. The number of ether oxygens (including phenoxy) is 2. The van der Waals surface area contributed by atoms with Crippen molar-refractivity contribution >= 4 is 11.8 Å². The van der Waals surface area contributed by atoms with Gasteiger partial charge in [0.2, 0.25) is 5.88 Å². The molecule has 0 aliphatic rings. The number of carboxylic acids is 1. The number of anilines is 1. The molecule has 3 N–H and O–H groups in total. The monoisotopic (exact) mass is 283 g/mol. The van der Waals surface area contributed by atoms with E-state index in [9.17, 15) is 13.2 Å². The Bertz CT molecular complexity index is 383. The second-order valence-corrected chi connectivity index (χ2v) is 2.94. The van der Waals surface area contributed by atoms with E-state index >= 15 is 0 Å². The predicted octanol–water partition coefficient (Wildman–Crippen LogP) is 0.717. The summed E-state index contributed by atoms with van der Waals surface area (Å²) in [6.45, 7) is 1.00. The van der Waals surface area contributed by atoms with E-state index < -0.39 is 12.1 Å². The first kappa shape index (κ1) is 16.9. The summed E-state index contributed by atoms with van der Waals surface area (Å²) in [4.78, 5) is 8.90. The number of carbonyl (C=O) groups is 1. The Hall–Kier alpha value is -2.10. The van der Waals surface area contributed by atoms with Crippen molar-refractivity contribution in [3.8, 4) is 5.88 Å². The number of hydrogen-bond acceptors (Lipinski definition) is 6. The number of nitrogens with two attached hydrogens (primary N) is 1. The lowest BCUT2D eigenvalue weighted by Gasteiger charge is -2.02. The molecule has 1 rings (SSSR count). The van der Waals surface area contributed by atoms with Crippen molar-refractivity contribution in [2.24, 2.45) is 0 Å². The summed E-state index contributed by atoms with van der Waals surface area (Å²) in [5, 5.41) is 14.4. The van der Waals surface area contributed by atoms with Crippen LogP contribution in [0.2, 0.25) is 0 Å². The molecule has 0 spiro atoms. The summed E-state index contributed by atoms with van der Waals surface area (Å²) in [6, 6.07) is 3.30. The van der Waals surface area contributed by atoms with Gasteiger partial charge in [0.25, 0.3) is 0 Å². The Morgan fingerprint density at radius 1 is 1.37 bits per heavy atom. The van der Waals surface area contributed by atoms with E-state index in [4.69, 9.17) is 25.1 Å². The first-order valence-electron chi connectivity index (χ1n) is 4.78. The molecule has 0 aliphatic heterocycles. The van der Waals surface area contributed by atoms with Gasteiger partial charge in [-0.1, -0.05) is 0 Å². The fraction of sp³-hybridized carbons (Fsp3) is 0.444. The van der Waals surface area contributed by atoms with Crippen LogP contribution in [-0.2, 0) is 9.53 Å². The smallest absolute Gasteiger partial charge is 0.475 e. The van der Waals surface area contributed by atoms with Gasteiger partial charge in [0.1, 0.15) is 12.4 Å². The molecule has 0 aromatic carbocycles. The molecule has 7 nitrogen and oxygen atoms in total. The first-order chi connectivity index (χ1) is 8.77. The first-order valence-corrected chi connectivity index (χ1v) is 4.78. The third kappa shape index (κ3) is 8.60. The third-order valence-electron chi connectivity index (χ3n) is 1.44. The summed E-state index contributed by atoms with van der Waals surface area (Å²) in [7, 11) is 1.61. The minimum absolute atomic E-state index is 0.383. The molecule has 1 aromatic rings. The SMILES string of the molecule is COCCOc1ccc(N)nn1.O=C(O)C(F)(F)F.